The molecule has 0 saturated heterocycles. The molecule has 9 aromatic carbocycles. The summed E-state index contributed by atoms with van der Waals surface area (Å²) in [6.07, 6.45) is 4.00. The van der Waals surface area contributed by atoms with Crippen molar-refractivity contribution >= 4 is 135 Å². The lowest BCUT2D eigenvalue weighted by atomic mass is 9.31. The van der Waals surface area contributed by atoms with E-state index in [-0.39, 0.29) is 13.4 Å². The summed E-state index contributed by atoms with van der Waals surface area (Å²) in [6.45, 7) is 8.95. The monoisotopic (exact) mass is 930 g/mol. The van der Waals surface area contributed by atoms with Gasteiger partial charge in [-0.25, -0.2) is 0 Å². The zero-order chi connectivity index (χ0) is 47.5. The number of hydrogen-bond donors (Lipinski definition) is 0. The highest BCUT2D eigenvalue weighted by atomic mass is 32.1. The Morgan fingerprint density at radius 2 is 0.732 bits per heavy atom. The summed E-state index contributed by atoms with van der Waals surface area (Å²) in [5.74, 6) is 0. The Balaban J connectivity index is 1.08. The lowest BCUT2D eigenvalue weighted by Gasteiger charge is -2.46. The molecule has 71 heavy (non-hydrogen) atoms. The average Bonchev–Trinajstić information content (AvgIpc) is 3.82. The predicted octanol–water partition coefficient (Wildman–Crippen LogP) is 13.3. The second-order valence-corrected chi connectivity index (χ2v) is 20.6. The summed E-state index contributed by atoms with van der Waals surface area (Å²) < 4.78 is 2.70. The third-order valence-electron chi connectivity index (χ3n) is 15.9. The summed E-state index contributed by atoms with van der Waals surface area (Å²) >= 11 is 1.97. The van der Waals surface area contributed by atoms with Crippen LogP contribution in [0.1, 0.15) is 49.9 Å². The summed E-state index contributed by atoms with van der Waals surface area (Å²) in [5.41, 5.74) is 26.7. The molecule has 0 fully saturated rings. The van der Waals surface area contributed by atoms with Crippen LogP contribution in [0.2, 0.25) is 0 Å². The van der Waals surface area contributed by atoms with E-state index in [0.29, 0.717) is 0 Å². The Kier molecular flexibility index (Phi) is 9.76. The van der Waals surface area contributed by atoms with E-state index < -0.39 is 0 Å². The van der Waals surface area contributed by atoms with Crippen LogP contribution in [-0.4, -0.2) is 13.4 Å². The molecule has 0 saturated carbocycles. The van der Waals surface area contributed by atoms with E-state index in [4.69, 9.17) is 0 Å². The van der Waals surface area contributed by atoms with Gasteiger partial charge in [-0.1, -0.05) is 131 Å². The maximum atomic E-state index is 2.66. The second kappa shape index (κ2) is 16.4. The predicted molar refractivity (Wildman–Crippen MR) is 307 cm³/mol. The number of benzene rings is 9. The molecule has 0 amide bonds. The zero-order valence-corrected chi connectivity index (χ0v) is 41.5. The molecular formula is C64H52B2N4S. The van der Waals surface area contributed by atoms with Gasteiger partial charge in [0.05, 0.1) is 5.69 Å². The molecule has 14 rings (SSSR count). The first kappa shape index (κ1) is 42.2. The molecule has 0 spiro atoms. The fourth-order valence-electron chi connectivity index (χ4n) is 12.4. The van der Waals surface area contributed by atoms with E-state index in [2.05, 4.69) is 241 Å². The third-order valence-corrected chi connectivity index (χ3v) is 17.1. The summed E-state index contributed by atoms with van der Waals surface area (Å²) in [6, 6.07) is 74.7. The zero-order valence-electron chi connectivity index (χ0n) is 40.7. The van der Waals surface area contributed by atoms with Crippen LogP contribution in [-0.2, 0) is 25.7 Å². The van der Waals surface area contributed by atoms with Gasteiger partial charge >= 0.3 is 0 Å². The van der Waals surface area contributed by atoms with Crippen LogP contribution in [0.4, 0.5) is 68.2 Å². The van der Waals surface area contributed by atoms with Crippen molar-refractivity contribution in [2.75, 3.05) is 19.6 Å². The number of aryl methyl sites for hydroxylation is 4. The Hall–Kier alpha value is -7.73. The second-order valence-electron chi connectivity index (χ2n) is 19.5. The third kappa shape index (κ3) is 6.25. The Morgan fingerprint density at radius 3 is 1.24 bits per heavy atom. The van der Waals surface area contributed by atoms with Gasteiger partial charge < -0.3 is 19.6 Å². The van der Waals surface area contributed by atoms with Gasteiger partial charge in [-0.3, -0.25) is 0 Å². The van der Waals surface area contributed by atoms with E-state index in [1.54, 1.807) is 0 Å². The van der Waals surface area contributed by atoms with Gasteiger partial charge in [0.1, 0.15) is 0 Å². The highest BCUT2D eigenvalue weighted by molar-refractivity contribution is 7.33. The smallest absolute Gasteiger partial charge is 0.264 e. The van der Waals surface area contributed by atoms with E-state index in [1.165, 1.54) is 133 Å². The van der Waals surface area contributed by atoms with Crippen molar-refractivity contribution in [3.05, 3.63) is 216 Å². The maximum Gasteiger partial charge on any atom is 0.264 e. The Morgan fingerprint density at radius 1 is 0.338 bits per heavy atom. The molecule has 0 atom stereocenters. The average molecular weight is 931 g/mol. The van der Waals surface area contributed by atoms with E-state index in [9.17, 15) is 0 Å². The Labute approximate surface area is 422 Å². The lowest BCUT2D eigenvalue weighted by molar-refractivity contribution is 1.13. The molecule has 0 aliphatic carbocycles. The standard InChI is InChI=1S/C64H52B2N4S/c1-5-41-23-31-45(32-24-41)67-53-17-11-10-16-50(53)65-51-39-52-59(40-58(51)68(46-33-25-42(6-2)26-34-46)55-19-13-18-54(67)61(55)65)69(47-35-27-43(7-3)28-36-47)56-20-14-21-57-62(56)66(52)64-63(49-15-9-12-22-60(49)71-64)70(57)48-37-29-44(8-4)30-38-48/h9-40H,5-8H2,1-4H3. The van der Waals surface area contributed by atoms with E-state index >= 15 is 0 Å². The molecule has 7 heteroatoms. The molecule has 0 radical (unpaired) electrons. The molecular weight excluding hydrogens is 878 g/mol. The minimum Gasteiger partial charge on any atom is -0.311 e. The van der Waals surface area contributed by atoms with E-state index in [1.807, 2.05) is 11.3 Å². The minimum absolute atomic E-state index is 0.00688. The van der Waals surface area contributed by atoms with Crippen LogP contribution in [0.5, 0.6) is 0 Å². The highest BCUT2D eigenvalue weighted by Gasteiger charge is 2.49. The molecule has 0 bridgehead atoms. The molecule has 340 valence electrons. The van der Waals surface area contributed by atoms with Gasteiger partial charge in [-0.05, 0) is 166 Å². The topological polar surface area (TPSA) is 13.0 Å². The van der Waals surface area contributed by atoms with Crippen LogP contribution in [0.25, 0.3) is 10.1 Å². The van der Waals surface area contributed by atoms with Crippen molar-refractivity contribution in [1.29, 1.82) is 0 Å². The van der Waals surface area contributed by atoms with Gasteiger partial charge in [0, 0.05) is 77.4 Å². The lowest BCUT2D eigenvalue weighted by Crippen LogP contribution is -2.64. The molecule has 4 aliphatic heterocycles. The number of fused-ring (bicyclic) bond motifs is 10. The van der Waals surface area contributed by atoms with Crippen molar-refractivity contribution in [2.24, 2.45) is 0 Å². The normalized spacial score (nSPS) is 13.7. The van der Waals surface area contributed by atoms with Crippen molar-refractivity contribution in [3.8, 4) is 0 Å². The quantitative estimate of drug-likeness (QED) is 0.141. The molecule has 5 heterocycles. The van der Waals surface area contributed by atoms with Crippen LogP contribution in [0, 0.1) is 0 Å². The van der Waals surface area contributed by atoms with Gasteiger partial charge in [-0.15, -0.1) is 11.3 Å². The van der Waals surface area contributed by atoms with Crippen molar-refractivity contribution in [1.82, 2.24) is 0 Å². The van der Waals surface area contributed by atoms with Crippen LogP contribution >= 0.6 is 11.3 Å². The SMILES string of the molecule is CCc1ccc(N2c3ccccc3B3c4cc5c(cc4N(c4ccc(CC)cc4)c4cccc2c43)N(c2ccc(CC)cc2)c2cccc3c2B5c2sc4ccccc4c2N3c2ccc(CC)cc2)cc1. The first-order valence-electron chi connectivity index (χ1n) is 25.6. The number of anilines is 12. The summed E-state index contributed by atoms with van der Waals surface area (Å²) in [7, 11) is 0. The fraction of sp³-hybridized carbons (Fsp3) is 0.125. The first-order chi connectivity index (χ1) is 35.0. The van der Waals surface area contributed by atoms with Crippen LogP contribution in [0.15, 0.2) is 194 Å². The van der Waals surface area contributed by atoms with Gasteiger partial charge in [-0.2, -0.15) is 0 Å². The maximum absolute atomic E-state index is 2.66. The number of thiophene rings is 1. The van der Waals surface area contributed by atoms with Gasteiger partial charge in [0.25, 0.3) is 13.4 Å². The highest BCUT2D eigenvalue weighted by Crippen LogP contribution is 2.50. The first-order valence-corrected chi connectivity index (χ1v) is 26.5. The Bertz CT molecular complexity index is 3730. The summed E-state index contributed by atoms with van der Waals surface area (Å²) in [4.78, 5) is 10.3. The number of rotatable bonds is 8. The van der Waals surface area contributed by atoms with Crippen molar-refractivity contribution in [3.63, 3.8) is 0 Å². The van der Waals surface area contributed by atoms with Crippen molar-refractivity contribution in [2.45, 2.75) is 53.4 Å². The largest absolute Gasteiger partial charge is 0.311 e. The molecule has 0 N–H and O–H groups in total. The molecule has 1 aromatic heterocycles. The molecule has 4 aliphatic rings. The molecule has 10 aromatic rings. The number of nitrogens with zero attached hydrogens (tertiary/aromatic N) is 4. The molecule has 4 nitrogen and oxygen atoms in total. The van der Waals surface area contributed by atoms with Crippen LogP contribution < -0.4 is 51.7 Å². The summed E-state index contributed by atoms with van der Waals surface area (Å²) in [5, 5.41) is 1.30. The van der Waals surface area contributed by atoms with E-state index in [0.717, 1.165) is 25.7 Å². The van der Waals surface area contributed by atoms with Crippen LogP contribution in [0.3, 0.4) is 0 Å². The minimum atomic E-state index is -0.0111. The number of para-hydroxylation sites is 1. The fourth-order valence-corrected chi connectivity index (χ4v) is 13.7. The van der Waals surface area contributed by atoms with Crippen molar-refractivity contribution < 1.29 is 0 Å². The van der Waals surface area contributed by atoms with Gasteiger partial charge in [0.15, 0.2) is 0 Å². The molecule has 0 unspecified atom stereocenters. The van der Waals surface area contributed by atoms with Gasteiger partial charge in [0.2, 0.25) is 0 Å². The number of hydrogen-bond acceptors (Lipinski definition) is 5.